The lowest BCUT2D eigenvalue weighted by Crippen LogP contribution is -2.49. The monoisotopic (exact) mass is 246 g/mol. The zero-order valence-corrected chi connectivity index (χ0v) is 11.2. The highest BCUT2D eigenvalue weighted by molar-refractivity contribution is 7.99. The van der Waals surface area contributed by atoms with Gasteiger partial charge in [-0.05, 0) is 26.8 Å². The van der Waals surface area contributed by atoms with Crippen molar-refractivity contribution < 1.29 is 9.90 Å². The zero-order valence-electron chi connectivity index (χ0n) is 10.3. The fourth-order valence-electron chi connectivity index (χ4n) is 2.10. The topological polar surface area (TPSA) is 43.8 Å². The van der Waals surface area contributed by atoms with Crippen LogP contribution in [-0.2, 0) is 4.79 Å². The highest BCUT2D eigenvalue weighted by Gasteiger charge is 2.29. The van der Waals surface area contributed by atoms with Gasteiger partial charge in [0, 0.05) is 25.6 Å². The van der Waals surface area contributed by atoms with Crippen molar-refractivity contribution in [3.63, 3.8) is 0 Å². The standard InChI is InChI=1S/C11H22N2O2S/c1-12(2)6-9-4-5-13(7-10(9)14)11(15)8-16-3/h9-10,14H,4-8H2,1-3H3/t9-,10+/m0/s1. The van der Waals surface area contributed by atoms with E-state index in [9.17, 15) is 9.90 Å². The molecule has 2 atom stereocenters. The molecule has 5 heteroatoms. The summed E-state index contributed by atoms with van der Waals surface area (Å²) in [4.78, 5) is 15.5. The van der Waals surface area contributed by atoms with Crippen LogP contribution in [0, 0.1) is 5.92 Å². The molecule has 0 aromatic rings. The first kappa shape index (κ1) is 13.8. The van der Waals surface area contributed by atoms with Crippen molar-refractivity contribution in [1.29, 1.82) is 0 Å². The third-order valence-corrected chi connectivity index (χ3v) is 3.48. The molecule has 1 N–H and O–H groups in total. The molecule has 0 bridgehead atoms. The molecular weight excluding hydrogens is 224 g/mol. The molecule has 0 spiro atoms. The molecule has 4 nitrogen and oxygen atoms in total. The fourth-order valence-corrected chi connectivity index (χ4v) is 2.53. The van der Waals surface area contributed by atoms with E-state index >= 15 is 0 Å². The third kappa shape index (κ3) is 3.96. The first-order valence-electron chi connectivity index (χ1n) is 5.64. The molecule has 1 aliphatic rings. The minimum Gasteiger partial charge on any atom is -0.391 e. The van der Waals surface area contributed by atoms with Gasteiger partial charge in [0.05, 0.1) is 11.9 Å². The number of hydrogen-bond donors (Lipinski definition) is 1. The smallest absolute Gasteiger partial charge is 0.232 e. The molecule has 16 heavy (non-hydrogen) atoms. The summed E-state index contributed by atoms with van der Waals surface area (Å²) in [7, 11) is 4.02. The number of carbonyl (C=O) groups is 1. The van der Waals surface area contributed by atoms with Crippen LogP contribution in [0.2, 0.25) is 0 Å². The van der Waals surface area contributed by atoms with Crippen molar-refractivity contribution in [2.45, 2.75) is 12.5 Å². The molecule has 0 aromatic heterocycles. The van der Waals surface area contributed by atoms with E-state index in [2.05, 4.69) is 4.90 Å². The van der Waals surface area contributed by atoms with Gasteiger partial charge in [-0.2, -0.15) is 11.8 Å². The number of amides is 1. The number of hydrogen-bond acceptors (Lipinski definition) is 4. The normalized spacial score (nSPS) is 26.2. The van der Waals surface area contributed by atoms with Crippen LogP contribution in [-0.4, -0.2) is 72.7 Å². The van der Waals surface area contributed by atoms with Crippen molar-refractivity contribution in [3.05, 3.63) is 0 Å². The van der Waals surface area contributed by atoms with E-state index in [1.54, 1.807) is 4.90 Å². The molecule has 0 aromatic carbocycles. The second-order valence-electron chi connectivity index (χ2n) is 4.65. The van der Waals surface area contributed by atoms with Gasteiger partial charge in [-0.25, -0.2) is 0 Å². The molecule has 1 amide bonds. The van der Waals surface area contributed by atoms with Crippen LogP contribution in [0.4, 0.5) is 0 Å². The summed E-state index contributed by atoms with van der Waals surface area (Å²) >= 11 is 1.53. The van der Waals surface area contributed by atoms with E-state index < -0.39 is 0 Å². The summed E-state index contributed by atoms with van der Waals surface area (Å²) in [6.07, 6.45) is 2.45. The summed E-state index contributed by atoms with van der Waals surface area (Å²) in [5.74, 6) is 0.966. The van der Waals surface area contributed by atoms with Crippen molar-refractivity contribution in [3.8, 4) is 0 Å². The van der Waals surface area contributed by atoms with Crippen LogP contribution in [0.3, 0.4) is 0 Å². The van der Waals surface area contributed by atoms with E-state index in [0.29, 0.717) is 18.2 Å². The maximum atomic E-state index is 11.7. The molecule has 94 valence electrons. The van der Waals surface area contributed by atoms with Crippen molar-refractivity contribution >= 4 is 17.7 Å². The van der Waals surface area contributed by atoms with Crippen LogP contribution < -0.4 is 0 Å². The highest BCUT2D eigenvalue weighted by Crippen LogP contribution is 2.19. The number of thioether (sulfide) groups is 1. The van der Waals surface area contributed by atoms with Crippen LogP contribution in [0.5, 0.6) is 0 Å². The Kier molecular flexibility index (Phi) is 5.58. The third-order valence-electron chi connectivity index (χ3n) is 2.94. The summed E-state index contributed by atoms with van der Waals surface area (Å²) in [6.45, 7) is 2.18. The van der Waals surface area contributed by atoms with Crippen LogP contribution >= 0.6 is 11.8 Å². The minimum absolute atomic E-state index is 0.148. The quantitative estimate of drug-likeness (QED) is 0.765. The Labute approximate surface area is 102 Å². The number of rotatable bonds is 4. The summed E-state index contributed by atoms with van der Waals surface area (Å²) in [5, 5.41) is 9.98. The van der Waals surface area contributed by atoms with E-state index in [-0.39, 0.29) is 12.0 Å². The number of aliphatic hydroxyl groups is 1. The lowest BCUT2D eigenvalue weighted by atomic mass is 9.93. The molecule has 0 unspecified atom stereocenters. The van der Waals surface area contributed by atoms with Gasteiger partial charge >= 0.3 is 0 Å². The van der Waals surface area contributed by atoms with E-state index in [4.69, 9.17) is 0 Å². The molecule has 0 saturated carbocycles. The molecule has 1 rings (SSSR count). The zero-order chi connectivity index (χ0) is 12.1. The number of β-amino-alcohol motifs (C(OH)–C–C–N with tert-alkyl or cyclic N) is 1. The highest BCUT2D eigenvalue weighted by atomic mass is 32.2. The van der Waals surface area contributed by atoms with Crippen LogP contribution in [0.1, 0.15) is 6.42 Å². The van der Waals surface area contributed by atoms with Crippen molar-refractivity contribution in [2.75, 3.05) is 45.7 Å². The average Bonchev–Trinajstić information content (AvgIpc) is 2.20. The average molecular weight is 246 g/mol. The molecule has 0 aliphatic carbocycles. The first-order valence-corrected chi connectivity index (χ1v) is 7.03. The summed E-state index contributed by atoms with van der Waals surface area (Å²) in [6, 6.07) is 0. The van der Waals surface area contributed by atoms with Crippen LogP contribution in [0.25, 0.3) is 0 Å². The van der Waals surface area contributed by atoms with Gasteiger partial charge in [0.25, 0.3) is 0 Å². The number of nitrogens with zero attached hydrogens (tertiary/aromatic N) is 2. The summed E-state index contributed by atoms with van der Waals surface area (Å²) in [5.41, 5.74) is 0. The second-order valence-corrected chi connectivity index (χ2v) is 5.52. The largest absolute Gasteiger partial charge is 0.391 e. The predicted molar refractivity (Wildman–Crippen MR) is 67.6 cm³/mol. The van der Waals surface area contributed by atoms with Gasteiger partial charge in [-0.15, -0.1) is 0 Å². The molecule has 1 saturated heterocycles. The molecule has 1 fully saturated rings. The minimum atomic E-state index is -0.373. The molecule has 1 heterocycles. The van der Waals surface area contributed by atoms with Crippen LogP contribution in [0.15, 0.2) is 0 Å². The maximum absolute atomic E-state index is 11.7. The van der Waals surface area contributed by atoms with Crippen molar-refractivity contribution in [1.82, 2.24) is 9.80 Å². The maximum Gasteiger partial charge on any atom is 0.232 e. The number of piperidine rings is 1. The van der Waals surface area contributed by atoms with E-state index in [0.717, 1.165) is 19.5 Å². The Hall–Kier alpha value is -0.260. The number of likely N-dealkylation sites (tertiary alicyclic amines) is 1. The molecular formula is C11H22N2O2S. The number of carbonyl (C=O) groups excluding carboxylic acids is 1. The second kappa shape index (κ2) is 6.47. The Balaban J connectivity index is 2.41. The van der Waals surface area contributed by atoms with Gasteiger partial charge in [0.1, 0.15) is 0 Å². The van der Waals surface area contributed by atoms with Gasteiger partial charge < -0.3 is 14.9 Å². The summed E-state index contributed by atoms with van der Waals surface area (Å²) < 4.78 is 0. The Morgan fingerprint density at radius 3 is 2.75 bits per heavy atom. The van der Waals surface area contributed by atoms with E-state index in [1.807, 2.05) is 20.4 Å². The number of aliphatic hydroxyl groups excluding tert-OH is 1. The predicted octanol–water partition coefficient (Wildman–Crippen LogP) is 0.120. The fraction of sp³-hybridized carbons (Fsp3) is 0.909. The van der Waals surface area contributed by atoms with Gasteiger partial charge in [0.2, 0.25) is 5.91 Å². The first-order chi connectivity index (χ1) is 7.54. The van der Waals surface area contributed by atoms with Gasteiger partial charge in [0.15, 0.2) is 0 Å². The Bertz CT molecular complexity index is 236. The Morgan fingerprint density at radius 1 is 1.56 bits per heavy atom. The van der Waals surface area contributed by atoms with Crippen molar-refractivity contribution in [2.24, 2.45) is 5.92 Å². The van der Waals surface area contributed by atoms with Gasteiger partial charge in [-0.1, -0.05) is 0 Å². The van der Waals surface area contributed by atoms with E-state index in [1.165, 1.54) is 11.8 Å². The lowest BCUT2D eigenvalue weighted by Gasteiger charge is -2.37. The van der Waals surface area contributed by atoms with Gasteiger partial charge in [-0.3, -0.25) is 4.79 Å². The lowest BCUT2D eigenvalue weighted by molar-refractivity contribution is -0.132. The Morgan fingerprint density at radius 2 is 2.25 bits per heavy atom. The molecule has 0 radical (unpaired) electrons. The SMILES string of the molecule is CSCC(=O)N1CC[C@@H](CN(C)C)[C@H](O)C1. The molecule has 1 aliphatic heterocycles.